The molecule has 0 saturated carbocycles. The number of rotatable bonds is 6. The number of halogens is 3. The van der Waals surface area contributed by atoms with E-state index >= 15 is 0 Å². The Morgan fingerprint density at radius 3 is 2.55 bits per heavy atom. The molecule has 5 nitrogen and oxygen atoms in total. The molecule has 0 spiro atoms. The van der Waals surface area contributed by atoms with E-state index in [9.17, 15) is 23.3 Å². The summed E-state index contributed by atoms with van der Waals surface area (Å²) in [4.78, 5) is 10.4. The average Bonchev–Trinajstić information content (AvgIpc) is 2.25. The molecule has 1 aromatic rings. The summed E-state index contributed by atoms with van der Waals surface area (Å²) in [6, 6.07) is 4.25. The summed E-state index contributed by atoms with van der Waals surface area (Å²) in [7, 11) is 0. The second kappa shape index (κ2) is 6.44. The first kappa shape index (κ1) is 16.1. The Bertz CT molecular complexity index is 476. The molecular weight excluding hydrogens is 277 g/mol. The van der Waals surface area contributed by atoms with Crippen molar-refractivity contribution in [3.05, 3.63) is 28.3 Å². The summed E-state index contributed by atoms with van der Waals surface area (Å²) < 4.78 is 41.5. The normalized spacial score (nSPS) is 11.5. The molecule has 0 radical (unpaired) electrons. The Morgan fingerprint density at radius 1 is 1.40 bits per heavy atom. The van der Waals surface area contributed by atoms with Gasteiger partial charge in [-0.3, -0.25) is 10.1 Å². The highest BCUT2D eigenvalue weighted by molar-refractivity contribution is 5.68. The van der Waals surface area contributed by atoms with Crippen molar-refractivity contribution in [2.75, 3.05) is 11.9 Å². The lowest BCUT2D eigenvalue weighted by atomic mass is 10.2. The zero-order valence-corrected chi connectivity index (χ0v) is 11.0. The molecule has 0 aliphatic rings. The van der Waals surface area contributed by atoms with Gasteiger partial charge in [0.15, 0.2) is 5.75 Å². The van der Waals surface area contributed by atoms with Crippen molar-refractivity contribution in [1.29, 1.82) is 0 Å². The minimum Gasteiger partial charge on any atom is -0.484 e. The molecule has 1 N–H and O–H groups in total. The molecule has 8 heteroatoms. The van der Waals surface area contributed by atoms with Gasteiger partial charge >= 0.3 is 11.9 Å². The van der Waals surface area contributed by atoms with Crippen LogP contribution in [0.25, 0.3) is 0 Å². The fraction of sp³-hybridized carbons (Fsp3) is 0.500. The van der Waals surface area contributed by atoms with Gasteiger partial charge < -0.3 is 10.1 Å². The first-order valence-corrected chi connectivity index (χ1v) is 5.95. The third-order valence-electron chi connectivity index (χ3n) is 2.27. The largest absolute Gasteiger partial charge is 0.484 e. The standard InChI is InChI=1S/C12H15F3N2O3/c1-8(2)20-10-5-3-4-9(11(10)17(18)19)16-7-6-12(13,14)15/h3-5,8,16H,6-7H2,1-2H3. The number of nitrogens with zero attached hydrogens (tertiary/aromatic N) is 1. The number of nitro benzene ring substituents is 1. The first-order valence-electron chi connectivity index (χ1n) is 5.95. The summed E-state index contributed by atoms with van der Waals surface area (Å²) in [5, 5.41) is 13.5. The van der Waals surface area contributed by atoms with Gasteiger partial charge in [-0.05, 0) is 26.0 Å². The molecule has 0 unspecified atom stereocenters. The molecule has 0 saturated heterocycles. The second-order valence-electron chi connectivity index (χ2n) is 4.37. The van der Waals surface area contributed by atoms with Crippen LogP contribution in [0.3, 0.4) is 0 Å². The van der Waals surface area contributed by atoms with Crippen LogP contribution in [0.2, 0.25) is 0 Å². The second-order valence-corrected chi connectivity index (χ2v) is 4.37. The van der Waals surface area contributed by atoms with E-state index in [4.69, 9.17) is 4.74 Å². The van der Waals surface area contributed by atoms with Crippen molar-refractivity contribution in [2.45, 2.75) is 32.5 Å². The number of nitrogens with one attached hydrogen (secondary N) is 1. The minimum atomic E-state index is -4.31. The topological polar surface area (TPSA) is 64.4 Å². The molecule has 0 amide bonds. The van der Waals surface area contributed by atoms with E-state index in [2.05, 4.69) is 5.32 Å². The van der Waals surface area contributed by atoms with Crippen molar-refractivity contribution < 1.29 is 22.8 Å². The van der Waals surface area contributed by atoms with Crippen LogP contribution >= 0.6 is 0 Å². The van der Waals surface area contributed by atoms with E-state index in [1.165, 1.54) is 18.2 Å². The van der Waals surface area contributed by atoms with Crippen LogP contribution in [0, 0.1) is 10.1 Å². The SMILES string of the molecule is CC(C)Oc1cccc(NCCC(F)(F)F)c1[N+](=O)[O-]. The summed E-state index contributed by atoms with van der Waals surface area (Å²) >= 11 is 0. The fourth-order valence-corrected chi connectivity index (χ4v) is 1.54. The average molecular weight is 292 g/mol. The predicted molar refractivity (Wildman–Crippen MR) is 68.0 cm³/mol. The van der Waals surface area contributed by atoms with Crippen molar-refractivity contribution in [2.24, 2.45) is 0 Å². The van der Waals surface area contributed by atoms with Gasteiger partial charge in [-0.15, -0.1) is 0 Å². The third kappa shape index (κ3) is 4.94. The summed E-state index contributed by atoms with van der Waals surface area (Å²) in [6.45, 7) is 2.97. The summed E-state index contributed by atoms with van der Waals surface area (Å²) in [6.07, 6.45) is -5.66. The molecule has 0 fully saturated rings. The van der Waals surface area contributed by atoms with Crippen molar-refractivity contribution in [3.8, 4) is 5.75 Å². The number of nitro groups is 1. The van der Waals surface area contributed by atoms with E-state index in [0.29, 0.717) is 0 Å². The molecule has 0 bridgehead atoms. The fourth-order valence-electron chi connectivity index (χ4n) is 1.54. The highest BCUT2D eigenvalue weighted by atomic mass is 19.4. The van der Waals surface area contributed by atoms with Crippen LogP contribution in [0.4, 0.5) is 24.5 Å². The Hall–Kier alpha value is -1.99. The lowest BCUT2D eigenvalue weighted by Gasteiger charge is -2.13. The minimum absolute atomic E-state index is 0.0115. The molecular formula is C12H15F3N2O3. The highest BCUT2D eigenvalue weighted by Crippen LogP contribution is 2.35. The molecule has 0 atom stereocenters. The van der Waals surface area contributed by atoms with Crippen LogP contribution in [0.1, 0.15) is 20.3 Å². The number of anilines is 1. The Kier molecular flexibility index (Phi) is 5.18. The predicted octanol–water partition coefficient (Wildman–Crippen LogP) is 3.75. The molecule has 1 rings (SSSR count). The van der Waals surface area contributed by atoms with Crippen molar-refractivity contribution >= 4 is 11.4 Å². The van der Waals surface area contributed by atoms with Gasteiger partial charge in [-0.2, -0.15) is 13.2 Å². The zero-order chi connectivity index (χ0) is 15.3. The maximum Gasteiger partial charge on any atom is 0.390 e. The Morgan fingerprint density at radius 2 is 2.05 bits per heavy atom. The van der Waals surface area contributed by atoms with Crippen molar-refractivity contribution in [1.82, 2.24) is 0 Å². The molecule has 0 heterocycles. The zero-order valence-electron chi connectivity index (χ0n) is 11.0. The van der Waals surface area contributed by atoms with Gasteiger partial charge in [0, 0.05) is 6.54 Å². The number of ether oxygens (including phenoxy) is 1. The van der Waals surface area contributed by atoms with Crippen LogP contribution in [-0.2, 0) is 0 Å². The number of alkyl halides is 3. The van der Waals surface area contributed by atoms with E-state index in [-0.39, 0.29) is 23.2 Å². The third-order valence-corrected chi connectivity index (χ3v) is 2.27. The Labute approximate surface area is 113 Å². The van der Waals surface area contributed by atoms with E-state index in [1.54, 1.807) is 13.8 Å². The van der Waals surface area contributed by atoms with Gasteiger partial charge in [0.2, 0.25) is 0 Å². The quantitative estimate of drug-likeness (QED) is 0.640. The highest BCUT2D eigenvalue weighted by Gasteiger charge is 2.27. The smallest absolute Gasteiger partial charge is 0.390 e. The molecule has 0 aliphatic heterocycles. The Balaban J connectivity index is 2.92. The van der Waals surface area contributed by atoms with Crippen LogP contribution in [-0.4, -0.2) is 23.7 Å². The van der Waals surface area contributed by atoms with Gasteiger partial charge in [-0.25, -0.2) is 0 Å². The summed E-state index contributed by atoms with van der Waals surface area (Å²) in [5.41, 5.74) is -0.347. The van der Waals surface area contributed by atoms with Crippen molar-refractivity contribution in [3.63, 3.8) is 0 Å². The van der Waals surface area contributed by atoms with E-state index in [1.807, 2.05) is 0 Å². The molecule has 0 aliphatic carbocycles. The number of benzene rings is 1. The van der Waals surface area contributed by atoms with E-state index < -0.39 is 24.1 Å². The van der Waals surface area contributed by atoms with Gasteiger partial charge in [0.1, 0.15) is 5.69 Å². The van der Waals surface area contributed by atoms with E-state index in [0.717, 1.165) is 0 Å². The monoisotopic (exact) mass is 292 g/mol. The molecule has 0 aromatic heterocycles. The summed E-state index contributed by atoms with van der Waals surface area (Å²) in [5.74, 6) is 0.0296. The van der Waals surface area contributed by atoms with Gasteiger partial charge in [-0.1, -0.05) is 6.07 Å². The van der Waals surface area contributed by atoms with Crippen LogP contribution in [0.5, 0.6) is 5.75 Å². The lowest BCUT2D eigenvalue weighted by molar-refractivity contribution is -0.385. The maximum absolute atomic E-state index is 12.1. The number of hydrogen-bond acceptors (Lipinski definition) is 4. The maximum atomic E-state index is 12.1. The first-order chi connectivity index (χ1) is 9.20. The van der Waals surface area contributed by atoms with Crippen LogP contribution < -0.4 is 10.1 Å². The molecule has 112 valence electrons. The molecule has 1 aromatic carbocycles. The molecule has 20 heavy (non-hydrogen) atoms. The van der Waals surface area contributed by atoms with Gasteiger partial charge in [0.05, 0.1) is 17.4 Å². The van der Waals surface area contributed by atoms with Crippen LogP contribution in [0.15, 0.2) is 18.2 Å². The lowest BCUT2D eigenvalue weighted by Crippen LogP contribution is -2.15. The number of para-hydroxylation sites is 1. The van der Waals surface area contributed by atoms with Gasteiger partial charge in [0.25, 0.3) is 0 Å². The number of hydrogen-bond donors (Lipinski definition) is 1.